The van der Waals surface area contributed by atoms with E-state index in [1.165, 1.54) is 5.56 Å². The van der Waals surface area contributed by atoms with Crippen molar-refractivity contribution in [1.29, 1.82) is 0 Å². The fourth-order valence-corrected chi connectivity index (χ4v) is 2.10. The Hall–Kier alpha value is -2.30. The van der Waals surface area contributed by atoms with Crippen LogP contribution < -0.4 is 16.4 Å². The van der Waals surface area contributed by atoms with Crippen LogP contribution in [0.2, 0.25) is 0 Å². The highest BCUT2D eigenvalue weighted by Gasteiger charge is 2.10. The molecule has 5 heteroatoms. The highest BCUT2D eigenvalue weighted by atomic mass is 15.1. The Labute approximate surface area is 119 Å². The maximum absolute atomic E-state index is 5.74. The summed E-state index contributed by atoms with van der Waals surface area (Å²) >= 11 is 0. The third kappa shape index (κ3) is 3.60. The quantitative estimate of drug-likeness (QED) is 0.753. The van der Waals surface area contributed by atoms with Crippen molar-refractivity contribution in [3.63, 3.8) is 0 Å². The van der Waals surface area contributed by atoms with Gasteiger partial charge in [0.05, 0.1) is 6.04 Å². The third-order valence-electron chi connectivity index (χ3n) is 3.03. The molecule has 0 saturated heterocycles. The summed E-state index contributed by atoms with van der Waals surface area (Å²) in [5.74, 6) is 1.75. The summed E-state index contributed by atoms with van der Waals surface area (Å²) in [6, 6.07) is 12.4. The van der Waals surface area contributed by atoms with E-state index in [2.05, 4.69) is 39.7 Å². The molecule has 4 N–H and O–H groups in total. The van der Waals surface area contributed by atoms with Gasteiger partial charge in [-0.15, -0.1) is 0 Å². The molecule has 0 aliphatic rings. The highest BCUT2D eigenvalue weighted by Crippen LogP contribution is 2.22. The van der Waals surface area contributed by atoms with Gasteiger partial charge in [0.25, 0.3) is 0 Å². The van der Waals surface area contributed by atoms with Crippen LogP contribution >= 0.6 is 0 Å². The standard InChI is InChI=1S/C15H21N5/c1-3-12(11-8-6-5-7-9-11)18-14-10-13(17-4-2)19-15(16)20-14/h5-10,12H,3-4H2,1-2H3,(H4,16,17,18,19,20). The van der Waals surface area contributed by atoms with Crippen LogP contribution in [-0.4, -0.2) is 16.5 Å². The van der Waals surface area contributed by atoms with Gasteiger partial charge in [0.1, 0.15) is 11.6 Å². The number of hydrogen-bond donors (Lipinski definition) is 3. The van der Waals surface area contributed by atoms with E-state index in [1.807, 2.05) is 31.2 Å². The van der Waals surface area contributed by atoms with Crippen molar-refractivity contribution in [3.05, 3.63) is 42.0 Å². The maximum atomic E-state index is 5.74. The summed E-state index contributed by atoms with van der Waals surface area (Å²) in [6.07, 6.45) is 0.963. The van der Waals surface area contributed by atoms with Gasteiger partial charge in [-0.2, -0.15) is 9.97 Å². The zero-order chi connectivity index (χ0) is 14.4. The summed E-state index contributed by atoms with van der Waals surface area (Å²) in [5.41, 5.74) is 6.98. The Morgan fingerprint density at radius 3 is 2.45 bits per heavy atom. The summed E-state index contributed by atoms with van der Waals surface area (Å²) < 4.78 is 0. The van der Waals surface area contributed by atoms with Crippen LogP contribution in [0.25, 0.3) is 0 Å². The maximum Gasteiger partial charge on any atom is 0.223 e. The lowest BCUT2D eigenvalue weighted by Crippen LogP contribution is -2.12. The number of nitrogens with two attached hydrogens (primary N) is 1. The van der Waals surface area contributed by atoms with Gasteiger partial charge in [-0.25, -0.2) is 0 Å². The Balaban J connectivity index is 2.19. The molecule has 1 aromatic carbocycles. The highest BCUT2D eigenvalue weighted by molar-refractivity contribution is 5.52. The number of hydrogen-bond acceptors (Lipinski definition) is 5. The monoisotopic (exact) mass is 271 g/mol. The third-order valence-corrected chi connectivity index (χ3v) is 3.03. The molecule has 20 heavy (non-hydrogen) atoms. The number of anilines is 3. The Morgan fingerprint density at radius 1 is 1.10 bits per heavy atom. The van der Waals surface area contributed by atoms with Gasteiger partial charge in [-0.1, -0.05) is 37.3 Å². The average Bonchev–Trinajstić information content (AvgIpc) is 2.45. The minimum atomic E-state index is 0.208. The second kappa shape index (κ2) is 6.75. The molecule has 0 amide bonds. The minimum Gasteiger partial charge on any atom is -0.370 e. The van der Waals surface area contributed by atoms with Crippen molar-refractivity contribution < 1.29 is 0 Å². The van der Waals surface area contributed by atoms with Crippen LogP contribution in [0.5, 0.6) is 0 Å². The first-order chi connectivity index (χ1) is 9.72. The lowest BCUT2D eigenvalue weighted by atomic mass is 10.0. The summed E-state index contributed by atoms with van der Waals surface area (Å²) in [4.78, 5) is 8.39. The molecule has 106 valence electrons. The molecule has 1 aromatic heterocycles. The minimum absolute atomic E-state index is 0.208. The van der Waals surface area contributed by atoms with Crippen molar-refractivity contribution in [1.82, 2.24) is 9.97 Å². The van der Waals surface area contributed by atoms with Crippen LogP contribution in [0.3, 0.4) is 0 Å². The lowest BCUT2D eigenvalue weighted by Gasteiger charge is -2.18. The molecule has 0 aliphatic heterocycles. The van der Waals surface area contributed by atoms with E-state index in [9.17, 15) is 0 Å². The largest absolute Gasteiger partial charge is 0.370 e. The summed E-state index contributed by atoms with van der Waals surface area (Å²) in [6.45, 7) is 4.95. The predicted molar refractivity (Wildman–Crippen MR) is 83.7 cm³/mol. The molecule has 0 fully saturated rings. The average molecular weight is 271 g/mol. The molecule has 0 radical (unpaired) electrons. The van der Waals surface area contributed by atoms with E-state index < -0.39 is 0 Å². The van der Waals surface area contributed by atoms with Crippen LogP contribution in [0.15, 0.2) is 36.4 Å². The topological polar surface area (TPSA) is 75.9 Å². The van der Waals surface area contributed by atoms with E-state index in [4.69, 9.17) is 5.73 Å². The van der Waals surface area contributed by atoms with Gasteiger partial charge in [0.15, 0.2) is 0 Å². The Morgan fingerprint density at radius 2 is 1.80 bits per heavy atom. The van der Waals surface area contributed by atoms with E-state index in [1.54, 1.807) is 0 Å². The molecular weight excluding hydrogens is 250 g/mol. The number of nitrogens with zero attached hydrogens (tertiary/aromatic N) is 2. The van der Waals surface area contributed by atoms with Gasteiger partial charge in [-0.05, 0) is 18.9 Å². The van der Waals surface area contributed by atoms with Crippen molar-refractivity contribution >= 4 is 17.6 Å². The second-order valence-corrected chi connectivity index (χ2v) is 4.54. The number of nitrogen functional groups attached to an aromatic ring is 1. The van der Waals surface area contributed by atoms with Gasteiger partial charge in [-0.3, -0.25) is 0 Å². The fraction of sp³-hybridized carbons (Fsp3) is 0.333. The number of rotatable bonds is 6. The Bertz CT molecular complexity index is 541. The number of aromatic nitrogens is 2. The predicted octanol–water partition coefficient (Wildman–Crippen LogP) is 3.05. The van der Waals surface area contributed by atoms with Gasteiger partial charge in [0, 0.05) is 12.6 Å². The second-order valence-electron chi connectivity index (χ2n) is 4.54. The molecule has 1 unspecified atom stereocenters. The van der Waals surface area contributed by atoms with Gasteiger partial charge in [0.2, 0.25) is 5.95 Å². The zero-order valence-electron chi connectivity index (χ0n) is 11.9. The first-order valence-electron chi connectivity index (χ1n) is 6.92. The van der Waals surface area contributed by atoms with Gasteiger partial charge < -0.3 is 16.4 Å². The molecule has 5 nitrogen and oxygen atoms in total. The van der Waals surface area contributed by atoms with Crippen LogP contribution in [-0.2, 0) is 0 Å². The molecule has 2 rings (SSSR count). The summed E-state index contributed by atoms with van der Waals surface area (Å²) in [7, 11) is 0. The van der Waals surface area contributed by atoms with E-state index >= 15 is 0 Å². The SMILES string of the molecule is CCNc1cc(NC(CC)c2ccccc2)nc(N)n1. The molecule has 0 spiro atoms. The van der Waals surface area contributed by atoms with Crippen molar-refractivity contribution in [2.45, 2.75) is 26.3 Å². The number of nitrogens with one attached hydrogen (secondary N) is 2. The fourth-order valence-electron chi connectivity index (χ4n) is 2.10. The molecule has 1 heterocycles. The zero-order valence-corrected chi connectivity index (χ0v) is 11.9. The molecular formula is C15H21N5. The lowest BCUT2D eigenvalue weighted by molar-refractivity contribution is 0.744. The van der Waals surface area contributed by atoms with Crippen LogP contribution in [0.4, 0.5) is 17.6 Å². The summed E-state index contributed by atoms with van der Waals surface area (Å²) in [5, 5.41) is 6.56. The van der Waals surface area contributed by atoms with Crippen molar-refractivity contribution in [3.8, 4) is 0 Å². The van der Waals surface area contributed by atoms with Crippen molar-refractivity contribution in [2.75, 3.05) is 22.9 Å². The van der Waals surface area contributed by atoms with Crippen LogP contribution in [0.1, 0.15) is 31.9 Å². The molecule has 2 aromatic rings. The van der Waals surface area contributed by atoms with E-state index in [-0.39, 0.29) is 12.0 Å². The number of benzene rings is 1. The first-order valence-corrected chi connectivity index (χ1v) is 6.92. The normalized spacial score (nSPS) is 11.9. The molecule has 0 aliphatic carbocycles. The van der Waals surface area contributed by atoms with E-state index in [0.29, 0.717) is 0 Å². The molecule has 0 saturated carbocycles. The first kappa shape index (κ1) is 14.1. The molecule has 1 atom stereocenters. The smallest absolute Gasteiger partial charge is 0.223 e. The van der Waals surface area contributed by atoms with Crippen LogP contribution in [0, 0.1) is 0 Å². The van der Waals surface area contributed by atoms with Crippen molar-refractivity contribution in [2.24, 2.45) is 0 Å². The van der Waals surface area contributed by atoms with E-state index in [0.717, 1.165) is 24.6 Å². The molecule has 0 bridgehead atoms. The Kier molecular flexibility index (Phi) is 4.76. The van der Waals surface area contributed by atoms with Gasteiger partial charge >= 0.3 is 0 Å².